The maximum Gasteiger partial charge on any atom is 0.250 e. The van der Waals surface area contributed by atoms with Gasteiger partial charge in [-0.2, -0.15) is 0 Å². The average molecular weight is 609 g/mol. The SMILES string of the molecule is Cc1ccc(C2NC(=O)C3=C2C(=O)NC3c2ccc(C)cc2)cc1.O=C1NC(c2ccccc2)C2=C1C(c1ccccc1)NC2=O. The Morgan fingerprint density at radius 1 is 0.348 bits per heavy atom. The number of aryl methyl sites for hydroxylation is 2. The molecule has 0 bridgehead atoms. The molecule has 4 unspecified atom stereocenters. The van der Waals surface area contributed by atoms with Gasteiger partial charge in [0.1, 0.15) is 0 Å². The summed E-state index contributed by atoms with van der Waals surface area (Å²) >= 11 is 0. The van der Waals surface area contributed by atoms with Gasteiger partial charge in [0.15, 0.2) is 0 Å². The van der Waals surface area contributed by atoms with Gasteiger partial charge in [-0.25, -0.2) is 0 Å². The zero-order valence-electron chi connectivity index (χ0n) is 25.3. The van der Waals surface area contributed by atoms with E-state index in [1.807, 2.05) is 123 Å². The highest BCUT2D eigenvalue weighted by Gasteiger charge is 2.47. The van der Waals surface area contributed by atoms with E-state index < -0.39 is 0 Å². The van der Waals surface area contributed by atoms with Crippen molar-refractivity contribution in [2.45, 2.75) is 38.0 Å². The molecule has 4 atom stereocenters. The Balaban J connectivity index is 0.000000147. The van der Waals surface area contributed by atoms with Crippen molar-refractivity contribution in [3.8, 4) is 0 Å². The molecule has 0 fully saturated rings. The Morgan fingerprint density at radius 3 is 0.848 bits per heavy atom. The second kappa shape index (κ2) is 11.6. The van der Waals surface area contributed by atoms with Crippen LogP contribution in [0.5, 0.6) is 0 Å². The van der Waals surface area contributed by atoms with Gasteiger partial charge in [-0.1, -0.05) is 120 Å². The third-order valence-electron chi connectivity index (χ3n) is 8.90. The van der Waals surface area contributed by atoms with E-state index >= 15 is 0 Å². The van der Waals surface area contributed by atoms with Crippen molar-refractivity contribution >= 4 is 23.6 Å². The van der Waals surface area contributed by atoms with Crippen molar-refractivity contribution in [1.82, 2.24) is 21.3 Å². The smallest absolute Gasteiger partial charge is 0.250 e. The summed E-state index contributed by atoms with van der Waals surface area (Å²) in [5, 5.41) is 11.8. The largest absolute Gasteiger partial charge is 0.341 e. The van der Waals surface area contributed by atoms with Crippen molar-refractivity contribution < 1.29 is 19.2 Å². The fraction of sp³-hybridized carbons (Fsp3) is 0.158. The fourth-order valence-corrected chi connectivity index (χ4v) is 6.57. The molecule has 0 aliphatic carbocycles. The van der Waals surface area contributed by atoms with E-state index in [1.54, 1.807) is 0 Å². The van der Waals surface area contributed by atoms with Gasteiger partial charge in [0.25, 0.3) is 23.6 Å². The minimum absolute atomic E-state index is 0.167. The first-order chi connectivity index (χ1) is 22.3. The summed E-state index contributed by atoms with van der Waals surface area (Å²) in [5.74, 6) is -0.675. The van der Waals surface area contributed by atoms with E-state index in [-0.39, 0.29) is 47.8 Å². The first-order valence-electron chi connectivity index (χ1n) is 15.2. The molecule has 8 nitrogen and oxygen atoms in total. The van der Waals surface area contributed by atoms with E-state index in [0.29, 0.717) is 22.3 Å². The third-order valence-corrected chi connectivity index (χ3v) is 8.90. The molecule has 4 N–H and O–H groups in total. The van der Waals surface area contributed by atoms with Gasteiger partial charge < -0.3 is 21.3 Å². The Labute approximate surface area is 266 Å². The van der Waals surface area contributed by atoms with Crippen LogP contribution in [0.2, 0.25) is 0 Å². The topological polar surface area (TPSA) is 116 Å². The van der Waals surface area contributed by atoms with E-state index in [2.05, 4.69) is 21.3 Å². The number of benzene rings is 4. The van der Waals surface area contributed by atoms with Crippen LogP contribution >= 0.6 is 0 Å². The molecule has 228 valence electrons. The summed E-state index contributed by atoms with van der Waals surface area (Å²) in [6, 6.07) is 33.5. The minimum atomic E-state index is -0.372. The van der Waals surface area contributed by atoms with Crippen molar-refractivity contribution in [2.75, 3.05) is 0 Å². The number of carbonyl (C=O) groups is 4. The van der Waals surface area contributed by atoms with Crippen LogP contribution in [-0.4, -0.2) is 23.6 Å². The number of hydrogen-bond donors (Lipinski definition) is 4. The summed E-state index contributed by atoms with van der Waals surface area (Å²) in [7, 11) is 0. The molecule has 0 radical (unpaired) electrons. The molecule has 4 aromatic rings. The molecule has 4 heterocycles. The molecule has 46 heavy (non-hydrogen) atoms. The van der Waals surface area contributed by atoms with Crippen LogP contribution in [0, 0.1) is 13.8 Å². The monoisotopic (exact) mass is 608 g/mol. The summed E-state index contributed by atoms with van der Waals surface area (Å²) in [5.41, 5.74) is 8.18. The number of amides is 4. The lowest BCUT2D eigenvalue weighted by atomic mass is 9.95. The Hall–Kier alpha value is -5.76. The average Bonchev–Trinajstić information content (AvgIpc) is 3.81. The lowest BCUT2D eigenvalue weighted by Crippen LogP contribution is -2.33. The van der Waals surface area contributed by atoms with Gasteiger partial charge in [-0.05, 0) is 36.1 Å². The molecular weight excluding hydrogens is 576 g/mol. The Kier molecular flexibility index (Phi) is 7.33. The van der Waals surface area contributed by atoms with Gasteiger partial charge in [0.05, 0.1) is 46.5 Å². The predicted octanol–water partition coefficient (Wildman–Crippen LogP) is 4.67. The zero-order chi connectivity index (χ0) is 31.9. The highest BCUT2D eigenvalue weighted by atomic mass is 16.2. The van der Waals surface area contributed by atoms with Gasteiger partial charge in [0, 0.05) is 0 Å². The first-order valence-corrected chi connectivity index (χ1v) is 15.2. The van der Waals surface area contributed by atoms with Crippen LogP contribution in [0.1, 0.15) is 57.5 Å². The van der Waals surface area contributed by atoms with Gasteiger partial charge in [-0.3, -0.25) is 19.2 Å². The first kappa shape index (κ1) is 29.0. The van der Waals surface area contributed by atoms with Crippen molar-refractivity contribution in [3.63, 3.8) is 0 Å². The zero-order valence-corrected chi connectivity index (χ0v) is 25.3. The van der Waals surface area contributed by atoms with Crippen molar-refractivity contribution in [1.29, 1.82) is 0 Å². The second-order valence-electron chi connectivity index (χ2n) is 11.9. The Bertz CT molecular complexity index is 1790. The Morgan fingerprint density at radius 2 is 0.587 bits per heavy atom. The lowest BCUT2D eigenvalue weighted by Gasteiger charge is -2.17. The highest BCUT2D eigenvalue weighted by Crippen LogP contribution is 2.42. The standard InChI is InChI=1S/C20H18N2O2.C18H14N2O2/c1-11-3-7-13(8-4-11)17-15-16(20(24)21-17)18(22-19(15)23)14-9-5-12(2)6-10-14;21-17-13-14(16(20-17)12-9-5-2-6-10-12)18(22)19-15(13)11-7-3-1-4-8-11/h3-10,17-18H,1-2H3,(H,21,24)(H,22,23);1-10,15-16H,(H,19,22)(H,20,21). The van der Waals surface area contributed by atoms with E-state index in [0.717, 1.165) is 33.4 Å². The summed E-state index contributed by atoms with van der Waals surface area (Å²) < 4.78 is 0. The van der Waals surface area contributed by atoms with Gasteiger partial charge in [0.2, 0.25) is 0 Å². The van der Waals surface area contributed by atoms with Crippen LogP contribution < -0.4 is 21.3 Å². The van der Waals surface area contributed by atoms with Crippen LogP contribution in [0.4, 0.5) is 0 Å². The maximum atomic E-state index is 12.5. The number of rotatable bonds is 4. The van der Waals surface area contributed by atoms with Crippen LogP contribution in [0.25, 0.3) is 0 Å². The van der Waals surface area contributed by atoms with E-state index in [9.17, 15) is 19.2 Å². The molecule has 0 spiro atoms. The van der Waals surface area contributed by atoms with Crippen LogP contribution in [-0.2, 0) is 19.2 Å². The normalized spacial score (nSPS) is 22.8. The molecule has 4 aromatic carbocycles. The van der Waals surface area contributed by atoms with E-state index in [4.69, 9.17) is 0 Å². The summed E-state index contributed by atoms with van der Waals surface area (Å²) in [4.78, 5) is 49.9. The van der Waals surface area contributed by atoms with Crippen LogP contribution in [0.3, 0.4) is 0 Å². The number of nitrogens with one attached hydrogen (secondary N) is 4. The lowest BCUT2D eigenvalue weighted by molar-refractivity contribution is -0.120. The van der Waals surface area contributed by atoms with Gasteiger partial charge in [-0.15, -0.1) is 0 Å². The fourth-order valence-electron chi connectivity index (χ4n) is 6.57. The molecular formula is C38H32N4O4. The maximum absolute atomic E-state index is 12.5. The second-order valence-corrected chi connectivity index (χ2v) is 11.9. The molecule has 4 amide bonds. The highest BCUT2D eigenvalue weighted by molar-refractivity contribution is 6.14. The molecule has 0 saturated carbocycles. The third kappa shape index (κ3) is 5.07. The molecule has 8 heteroatoms. The summed E-state index contributed by atoms with van der Waals surface area (Å²) in [6.07, 6.45) is 0. The quantitative estimate of drug-likeness (QED) is 0.270. The molecule has 4 aliphatic heterocycles. The molecule has 8 rings (SSSR count). The number of hydrogen-bond acceptors (Lipinski definition) is 4. The minimum Gasteiger partial charge on any atom is -0.341 e. The van der Waals surface area contributed by atoms with E-state index in [1.165, 1.54) is 0 Å². The van der Waals surface area contributed by atoms with Gasteiger partial charge >= 0.3 is 0 Å². The number of carbonyl (C=O) groups excluding carboxylic acids is 4. The van der Waals surface area contributed by atoms with Crippen molar-refractivity contribution in [3.05, 3.63) is 165 Å². The molecule has 0 aromatic heterocycles. The molecule has 4 aliphatic rings. The van der Waals surface area contributed by atoms with Crippen molar-refractivity contribution in [2.24, 2.45) is 0 Å². The molecule has 0 saturated heterocycles. The summed E-state index contributed by atoms with van der Waals surface area (Å²) in [6.45, 7) is 4.02. The van der Waals surface area contributed by atoms with Crippen LogP contribution in [0.15, 0.2) is 131 Å². The predicted molar refractivity (Wildman–Crippen MR) is 173 cm³/mol.